The molecule has 25 heavy (non-hydrogen) atoms. The summed E-state index contributed by atoms with van der Waals surface area (Å²) in [5.41, 5.74) is 1.92. The highest BCUT2D eigenvalue weighted by molar-refractivity contribution is 8.00. The van der Waals surface area contributed by atoms with Gasteiger partial charge in [-0.15, -0.1) is 24.2 Å². The van der Waals surface area contributed by atoms with E-state index in [0.717, 1.165) is 24.3 Å². The minimum absolute atomic E-state index is 0. The van der Waals surface area contributed by atoms with Crippen LogP contribution >= 0.6 is 24.2 Å². The number of anilines is 1. The van der Waals surface area contributed by atoms with Gasteiger partial charge >= 0.3 is 0 Å². The second-order valence-electron chi connectivity index (χ2n) is 5.51. The number of morpholine rings is 1. The fraction of sp³-hybridized carbons (Fsp3) is 0.529. The molecule has 0 atom stereocenters. The summed E-state index contributed by atoms with van der Waals surface area (Å²) in [7, 11) is 0. The summed E-state index contributed by atoms with van der Waals surface area (Å²) < 4.78 is 5.22. The fourth-order valence-corrected chi connectivity index (χ4v) is 3.08. The van der Waals surface area contributed by atoms with Crippen LogP contribution in [0.5, 0.6) is 0 Å². The first-order valence-electron chi connectivity index (χ1n) is 8.22. The Morgan fingerprint density at radius 3 is 2.72 bits per heavy atom. The molecule has 0 aromatic heterocycles. The first-order chi connectivity index (χ1) is 11.7. The van der Waals surface area contributed by atoms with Crippen molar-refractivity contribution in [3.8, 4) is 0 Å². The van der Waals surface area contributed by atoms with Gasteiger partial charge in [0.2, 0.25) is 11.8 Å². The lowest BCUT2D eigenvalue weighted by molar-refractivity contribution is -0.132. The molecule has 1 aromatic carbocycles. The average molecular weight is 388 g/mol. The molecule has 1 aliphatic heterocycles. The number of rotatable bonds is 8. The molecule has 1 fully saturated rings. The van der Waals surface area contributed by atoms with Gasteiger partial charge in [-0.1, -0.05) is 19.1 Å². The first-order valence-corrected chi connectivity index (χ1v) is 9.37. The maximum absolute atomic E-state index is 12.0. The lowest BCUT2D eigenvalue weighted by atomic mass is 10.2. The van der Waals surface area contributed by atoms with Gasteiger partial charge in [0.1, 0.15) is 0 Å². The number of carbonyl (C=O) groups excluding carboxylic acids is 2. The van der Waals surface area contributed by atoms with E-state index in [0.29, 0.717) is 32.1 Å². The molecule has 0 spiro atoms. The summed E-state index contributed by atoms with van der Waals surface area (Å²) in [5.74, 6) is 0.584. The van der Waals surface area contributed by atoms with Gasteiger partial charge < -0.3 is 20.3 Å². The van der Waals surface area contributed by atoms with Gasteiger partial charge in [0, 0.05) is 25.3 Å². The molecule has 2 amide bonds. The van der Waals surface area contributed by atoms with Gasteiger partial charge in [-0.05, 0) is 24.2 Å². The van der Waals surface area contributed by atoms with Crippen LogP contribution in [0.4, 0.5) is 5.69 Å². The quantitative estimate of drug-likeness (QED) is 0.711. The first kappa shape index (κ1) is 21.8. The summed E-state index contributed by atoms with van der Waals surface area (Å²) in [6.07, 6.45) is 0. The summed E-state index contributed by atoms with van der Waals surface area (Å²) >= 11 is 1.34. The number of nitrogens with one attached hydrogen (secondary N) is 2. The predicted octanol–water partition coefficient (Wildman–Crippen LogP) is 1.75. The Bertz CT molecular complexity index is 554. The smallest absolute Gasteiger partial charge is 0.234 e. The second-order valence-corrected chi connectivity index (χ2v) is 6.50. The maximum Gasteiger partial charge on any atom is 0.234 e. The molecule has 140 valence electrons. The van der Waals surface area contributed by atoms with Gasteiger partial charge in [-0.2, -0.15) is 0 Å². The standard InChI is InChI=1S/C17H25N3O3S.ClH/c1-2-18-11-14-4-3-5-15(10-14)19-16(21)12-24-13-17(22)20-6-8-23-9-7-20;/h3-5,10,18H,2,6-9,11-13H2,1H3,(H,19,21);1H. The van der Waals surface area contributed by atoms with Crippen LogP contribution in [0.3, 0.4) is 0 Å². The third kappa shape index (κ3) is 8.09. The zero-order chi connectivity index (χ0) is 17.2. The summed E-state index contributed by atoms with van der Waals surface area (Å²) in [6.45, 7) is 6.23. The van der Waals surface area contributed by atoms with Gasteiger partial charge in [0.25, 0.3) is 0 Å². The Labute approximate surface area is 159 Å². The van der Waals surface area contributed by atoms with Crippen LogP contribution in [-0.2, 0) is 20.9 Å². The van der Waals surface area contributed by atoms with Crippen molar-refractivity contribution in [1.29, 1.82) is 0 Å². The molecule has 1 heterocycles. The highest BCUT2D eigenvalue weighted by Crippen LogP contribution is 2.12. The summed E-state index contributed by atoms with van der Waals surface area (Å²) in [6, 6.07) is 7.78. The van der Waals surface area contributed by atoms with Crippen LogP contribution in [-0.4, -0.2) is 61.1 Å². The van der Waals surface area contributed by atoms with Crippen molar-refractivity contribution >= 4 is 41.7 Å². The van der Waals surface area contributed by atoms with Gasteiger partial charge in [-0.3, -0.25) is 9.59 Å². The van der Waals surface area contributed by atoms with Crippen molar-refractivity contribution in [3.05, 3.63) is 29.8 Å². The number of ether oxygens (including phenoxy) is 1. The van der Waals surface area contributed by atoms with E-state index in [1.54, 1.807) is 4.90 Å². The molecule has 6 nitrogen and oxygen atoms in total. The molecule has 8 heteroatoms. The van der Waals surface area contributed by atoms with Crippen LogP contribution < -0.4 is 10.6 Å². The number of amides is 2. The van der Waals surface area contributed by atoms with Crippen molar-refractivity contribution in [3.63, 3.8) is 0 Å². The lowest BCUT2D eigenvalue weighted by Crippen LogP contribution is -2.41. The van der Waals surface area contributed by atoms with E-state index in [2.05, 4.69) is 17.6 Å². The second kappa shape index (κ2) is 12.1. The number of thioether (sulfide) groups is 1. The number of benzene rings is 1. The topological polar surface area (TPSA) is 70.7 Å². The van der Waals surface area contributed by atoms with Crippen molar-refractivity contribution < 1.29 is 14.3 Å². The van der Waals surface area contributed by atoms with Gasteiger partial charge in [0.05, 0.1) is 24.7 Å². The van der Waals surface area contributed by atoms with E-state index < -0.39 is 0 Å². The van der Waals surface area contributed by atoms with Crippen molar-refractivity contribution in [2.45, 2.75) is 13.5 Å². The van der Waals surface area contributed by atoms with E-state index in [9.17, 15) is 9.59 Å². The normalized spacial score (nSPS) is 13.9. The molecular weight excluding hydrogens is 362 g/mol. The Kier molecular flexibility index (Phi) is 10.6. The van der Waals surface area contributed by atoms with Crippen molar-refractivity contribution in [2.24, 2.45) is 0 Å². The molecule has 0 bridgehead atoms. The van der Waals surface area contributed by atoms with Crippen molar-refractivity contribution in [2.75, 3.05) is 49.7 Å². The van der Waals surface area contributed by atoms with E-state index in [1.165, 1.54) is 11.8 Å². The average Bonchev–Trinajstić information content (AvgIpc) is 2.61. The highest BCUT2D eigenvalue weighted by Gasteiger charge is 2.16. The van der Waals surface area contributed by atoms with Gasteiger partial charge in [-0.25, -0.2) is 0 Å². The zero-order valence-electron chi connectivity index (χ0n) is 14.5. The SMILES string of the molecule is CCNCc1cccc(NC(=O)CSCC(=O)N2CCOCC2)c1.Cl. The Morgan fingerprint density at radius 1 is 1.24 bits per heavy atom. The van der Waals surface area contributed by atoms with Crippen LogP contribution in [0.1, 0.15) is 12.5 Å². The minimum atomic E-state index is -0.0876. The van der Waals surface area contributed by atoms with E-state index in [1.807, 2.05) is 24.3 Å². The Balaban J connectivity index is 0.00000312. The van der Waals surface area contributed by atoms with Crippen LogP contribution in [0.15, 0.2) is 24.3 Å². The number of nitrogens with zero attached hydrogens (tertiary/aromatic N) is 1. The van der Waals surface area contributed by atoms with Gasteiger partial charge in [0.15, 0.2) is 0 Å². The van der Waals surface area contributed by atoms with Crippen LogP contribution in [0.25, 0.3) is 0 Å². The fourth-order valence-electron chi connectivity index (χ4n) is 2.36. The summed E-state index contributed by atoms with van der Waals surface area (Å²) in [5, 5.41) is 6.13. The largest absolute Gasteiger partial charge is 0.378 e. The molecule has 1 aliphatic rings. The van der Waals surface area contributed by atoms with E-state index in [-0.39, 0.29) is 30.0 Å². The number of carbonyl (C=O) groups is 2. The summed E-state index contributed by atoms with van der Waals surface area (Å²) in [4.78, 5) is 25.8. The number of halogens is 1. The highest BCUT2D eigenvalue weighted by atomic mass is 35.5. The third-order valence-electron chi connectivity index (χ3n) is 3.61. The van der Waals surface area contributed by atoms with E-state index >= 15 is 0 Å². The molecule has 2 N–H and O–H groups in total. The molecular formula is C17H26ClN3O3S. The Hall–Kier alpha value is -1.28. The Morgan fingerprint density at radius 2 is 2.00 bits per heavy atom. The number of hydrogen-bond donors (Lipinski definition) is 2. The maximum atomic E-state index is 12.0. The zero-order valence-corrected chi connectivity index (χ0v) is 16.1. The molecule has 2 rings (SSSR count). The molecule has 0 unspecified atom stereocenters. The van der Waals surface area contributed by atoms with Crippen molar-refractivity contribution in [1.82, 2.24) is 10.2 Å². The molecule has 0 radical (unpaired) electrons. The molecule has 1 aromatic rings. The minimum Gasteiger partial charge on any atom is -0.378 e. The molecule has 0 saturated carbocycles. The lowest BCUT2D eigenvalue weighted by Gasteiger charge is -2.26. The predicted molar refractivity (Wildman–Crippen MR) is 104 cm³/mol. The van der Waals surface area contributed by atoms with Crippen LogP contribution in [0.2, 0.25) is 0 Å². The third-order valence-corrected chi connectivity index (χ3v) is 4.53. The van der Waals surface area contributed by atoms with E-state index in [4.69, 9.17) is 4.74 Å². The monoisotopic (exact) mass is 387 g/mol. The number of hydrogen-bond acceptors (Lipinski definition) is 5. The van der Waals surface area contributed by atoms with Crippen LogP contribution in [0, 0.1) is 0 Å². The molecule has 1 saturated heterocycles. The molecule has 0 aliphatic carbocycles.